The zero-order valence-corrected chi connectivity index (χ0v) is 16.0. The normalized spacial score (nSPS) is 12.1. The average molecular weight is 388 g/mol. The molecular formula is C20H20N8O. The SMILES string of the molecule is Cc1cccc2nc([C@@H](C)Nc3ncnc(N)c3N)c(-c3ccccn3)c(=O)n12. The smallest absolute Gasteiger partial charge is 0.267 e. The molecule has 4 aromatic heterocycles. The second-order valence-electron chi connectivity index (χ2n) is 6.64. The highest BCUT2D eigenvalue weighted by molar-refractivity contribution is 5.73. The van der Waals surface area contributed by atoms with Crippen molar-refractivity contribution in [2.24, 2.45) is 0 Å². The lowest BCUT2D eigenvalue weighted by Gasteiger charge is -2.19. The predicted octanol–water partition coefficient (Wildman–Crippen LogP) is 2.19. The first kappa shape index (κ1) is 18.4. The van der Waals surface area contributed by atoms with Crippen LogP contribution in [0.15, 0.2) is 53.7 Å². The third-order valence-electron chi connectivity index (χ3n) is 4.67. The minimum Gasteiger partial charge on any atom is -0.393 e. The molecule has 146 valence electrons. The second kappa shape index (κ2) is 7.19. The molecule has 9 heteroatoms. The third-order valence-corrected chi connectivity index (χ3v) is 4.67. The Morgan fingerprint density at radius 3 is 2.66 bits per heavy atom. The molecule has 0 amide bonds. The number of nitrogens with one attached hydrogen (secondary N) is 1. The monoisotopic (exact) mass is 388 g/mol. The summed E-state index contributed by atoms with van der Waals surface area (Å²) in [6.07, 6.45) is 2.97. The van der Waals surface area contributed by atoms with Crippen molar-refractivity contribution < 1.29 is 0 Å². The zero-order valence-electron chi connectivity index (χ0n) is 16.0. The molecule has 0 aromatic carbocycles. The molecule has 1 atom stereocenters. The van der Waals surface area contributed by atoms with Crippen molar-refractivity contribution in [1.29, 1.82) is 0 Å². The molecule has 4 heterocycles. The van der Waals surface area contributed by atoms with Crippen LogP contribution in [0.25, 0.3) is 16.9 Å². The standard InChI is InChI=1S/C20H20N8O/c1-11-6-5-8-14-27-17(12(2)26-19-16(21)18(22)24-10-25-19)15(20(29)28(11)14)13-7-3-4-9-23-13/h3-10,12H,21H2,1-2H3,(H3,22,24,25,26)/t12-/m1/s1. The van der Waals surface area contributed by atoms with Gasteiger partial charge in [-0.25, -0.2) is 15.0 Å². The third kappa shape index (κ3) is 3.22. The second-order valence-corrected chi connectivity index (χ2v) is 6.64. The van der Waals surface area contributed by atoms with Gasteiger partial charge in [-0.1, -0.05) is 12.1 Å². The number of aryl methyl sites for hydroxylation is 1. The Morgan fingerprint density at radius 1 is 1.07 bits per heavy atom. The van der Waals surface area contributed by atoms with Gasteiger partial charge in [-0.2, -0.15) is 0 Å². The summed E-state index contributed by atoms with van der Waals surface area (Å²) >= 11 is 0. The van der Waals surface area contributed by atoms with Gasteiger partial charge in [0.2, 0.25) is 0 Å². The van der Waals surface area contributed by atoms with Crippen LogP contribution in [0.2, 0.25) is 0 Å². The van der Waals surface area contributed by atoms with Crippen LogP contribution >= 0.6 is 0 Å². The zero-order chi connectivity index (χ0) is 20.5. The highest BCUT2D eigenvalue weighted by Gasteiger charge is 2.22. The fourth-order valence-corrected chi connectivity index (χ4v) is 3.22. The number of hydrogen-bond donors (Lipinski definition) is 3. The van der Waals surface area contributed by atoms with Gasteiger partial charge in [-0.05, 0) is 38.1 Å². The van der Waals surface area contributed by atoms with Crippen molar-refractivity contribution in [3.05, 3.63) is 70.7 Å². The van der Waals surface area contributed by atoms with E-state index in [2.05, 4.69) is 20.3 Å². The van der Waals surface area contributed by atoms with Gasteiger partial charge in [0.05, 0.1) is 23.0 Å². The number of rotatable bonds is 4. The molecule has 4 aromatic rings. The molecule has 0 aliphatic carbocycles. The maximum absolute atomic E-state index is 13.4. The van der Waals surface area contributed by atoms with Gasteiger partial charge in [-0.3, -0.25) is 14.2 Å². The summed E-state index contributed by atoms with van der Waals surface area (Å²) in [5, 5.41) is 3.19. The molecule has 0 saturated heterocycles. The van der Waals surface area contributed by atoms with Crippen LogP contribution in [0, 0.1) is 6.92 Å². The molecule has 0 fully saturated rings. The largest absolute Gasteiger partial charge is 0.393 e. The Bertz CT molecular complexity index is 1250. The van der Waals surface area contributed by atoms with Crippen LogP contribution in [0.3, 0.4) is 0 Å². The first-order chi connectivity index (χ1) is 14.0. The lowest BCUT2D eigenvalue weighted by atomic mass is 10.1. The molecule has 0 radical (unpaired) electrons. The Kier molecular flexibility index (Phi) is 4.55. The number of nitrogen functional groups attached to an aromatic ring is 2. The summed E-state index contributed by atoms with van der Waals surface area (Å²) in [6, 6.07) is 10.5. The number of pyridine rings is 2. The molecule has 0 spiro atoms. The molecule has 0 unspecified atom stereocenters. The van der Waals surface area contributed by atoms with Crippen LogP contribution in [-0.2, 0) is 0 Å². The summed E-state index contributed by atoms with van der Waals surface area (Å²) < 4.78 is 1.58. The minimum absolute atomic E-state index is 0.182. The maximum atomic E-state index is 13.4. The van der Waals surface area contributed by atoms with Crippen LogP contribution in [0.4, 0.5) is 17.3 Å². The van der Waals surface area contributed by atoms with Crippen molar-refractivity contribution in [3.8, 4) is 11.3 Å². The van der Waals surface area contributed by atoms with E-state index in [9.17, 15) is 4.79 Å². The molecule has 9 nitrogen and oxygen atoms in total. The first-order valence-electron chi connectivity index (χ1n) is 9.03. The summed E-state index contributed by atoms with van der Waals surface area (Å²) in [5.41, 5.74) is 14.7. The number of anilines is 3. The lowest BCUT2D eigenvalue weighted by Crippen LogP contribution is -2.25. The summed E-state index contributed by atoms with van der Waals surface area (Å²) in [7, 11) is 0. The minimum atomic E-state index is -0.401. The number of fused-ring (bicyclic) bond motifs is 1. The van der Waals surface area contributed by atoms with Crippen molar-refractivity contribution in [1.82, 2.24) is 24.3 Å². The fraction of sp³-hybridized carbons (Fsp3) is 0.150. The van der Waals surface area contributed by atoms with Gasteiger partial charge in [0.15, 0.2) is 11.6 Å². The molecule has 4 rings (SSSR count). The fourth-order valence-electron chi connectivity index (χ4n) is 3.22. The Morgan fingerprint density at radius 2 is 1.90 bits per heavy atom. The van der Waals surface area contributed by atoms with Crippen molar-refractivity contribution in [3.63, 3.8) is 0 Å². The van der Waals surface area contributed by atoms with Gasteiger partial charge in [0, 0.05) is 11.9 Å². The number of hydrogen-bond acceptors (Lipinski definition) is 8. The molecule has 0 bridgehead atoms. The van der Waals surface area contributed by atoms with E-state index in [4.69, 9.17) is 16.5 Å². The van der Waals surface area contributed by atoms with Crippen molar-refractivity contribution >= 4 is 23.0 Å². The van der Waals surface area contributed by atoms with E-state index in [0.29, 0.717) is 28.4 Å². The summed E-state index contributed by atoms with van der Waals surface area (Å²) in [4.78, 5) is 30.6. The van der Waals surface area contributed by atoms with E-state index in [1.807, 2.05) is 32.0 Å². The number of nitrogens with zero attached hydrogens (tertiary/aromatic N) is 5. The van der Waals surface area contributed by atoms with Crippen LogP contribution in [-0.4, -0.2) is 24.3 Å². The first-order valence-corrected chi connectivity index (χ1v) is 9.03. The molecule has 0 aliphatic rings. The van der Waals surface area contributed by atoms with Gasteiger partial charge in [-0.15, -0.1) is 0 Å². The van der Waals surface area contributed by atoms with Crippen LogP contribution in [0.1, 0.15) is 24.4 Å². The Balaban J connectivity index is 1.93. The molecule has 5 N–H and O–H groups in total. The molecule has 0 saturated carbocycles. The maximum Gasteiger partial charge on any atom is 0.267 e. The summed E-state index contributed by atoms with van der Waals surface area (Å²) in [6.45, 7) is 3.74. The average Bonchev–Trinajstić information content (AvgIpc) is 2.71. The van der Waals surface area contributed by atoms with Gasteiger partial charge in [0.1, 0.15) is 17.7 Å². The Labute approximate surface area is 166 Å². The van der Waals surface area contributed by atoms with Gasteiger partial charge >= 0.3 is 0 Å². The van der Waals surface area contributed by atoms with Crippen LogP contribution < -0.4 is 22.3 Å². The number of nitrogens with two attached hydrogens (primary N) is 2. The van der Waals surface area contributed by atoms with E-state index >= 15 is 0 Å². The summed E-state index contributed by atoms with van der Waals surface area (Å²) in [5.74, 6) is 0.560. The van der Waals surface area contributed by atoms with Gasteiger partial charge in [0.25, 0.3) is 5.56 Å². The number of aromatic nitrogens is 5. The Hall–Kier alpha value is -4.01. The van der Waals surface area contributed by atoms with E-state index in [-0.39, 0.29) is 17.1 Å². The lowest BCUT2D eigenvalue weighted by molar-refractivity contribution is 0.819. The quantitative estimate of drug-likeness (QED) is 0.484. The van der Waals surface area contributed by atoms with Crippen molar-refractivity contribution in [2.45, 2.75) is 19.9 Å². The van der Waals surface area contributed by atoms with E-state index < -0.39 is 6.04 Å². The van der Waals surface area contributed by atoms with E-state index in [0.717, 1.165) is 5.69 Å². The highest BCUT2D eigenvalue weighted by Crippen LogP contribution is 2.28. The van der Waals surface area contributed by atoms with E-state index in [1.54, 1.807) is 28.8 Å². The molecule has 0 aliphatic heterocycles. The molecular weight excluding hydrogens is 368 g/mol. The van der Waals surface area contributed by atoms with E-state index in [1.165, 1.54) is 6.33 Å². The van der Waals surface area contributed by atoms with Gasteiger partial charge < -0.3 is 16.8 Å². The van der Waals surface area contributed by atoms with Crippen molar-refractivity contribution in [2.75, 3.05) is 16.8 Å². The molecule has 29 heavy (non-hydrogen) atoms. The highest BCUT2D eigenvalue weighted by atomic mass is 16.1. The topological polar surface area (TPSA) is 137 Å². The van der Waals surface area contributed by atoms with Crippen LogP contribution in [0.5, 0.6) is 0 Å². The predicted molar refractivity (Wildman–Crippen MR) is 112 cm³/mol.